The van der Waals surface area contributed by atoms with E-state index in [4.69, 9.17) is 4.74 Å². The lowest BCUT2D eigenvalue weighted by Gasteiger charge is -2.22. The Labute approximate surface area is 140 Å². The van der Waals surface area contributed by atoms with E-state index >= 15 is 0 Å². The van der Waals surface area contributed by atoms with Crippen molar-refractivity contribution < 1.29 is 14.3 Å². The molecule has 0 radical (unpaired) electrons. The van der Waals surface area contributed by atoms with Crippen molar-refractivity contribution in [2.75, 3.05) is 13.2 Å². The van der Waals surface area contributed by atoms with Crippen LogP contribution < -0.4 is 0 Å². The van der Waals surface area contributed by atoms with E-state index in [2.05, 4.69) is 4.98 Å². The zero-order chi connectivity index (χ0) is 16.8. The number of fused-ring (bicyclic) bond motifs is 5. The Kier molecular flexibility index (Phi) is 3.40. The molecule has 0 N–H and O–H groups in total. The van der Waals surface area contributed by atoms with Crippen molar-refractivity contribution in [3.8, 4) is 5.69 Å². The van der Waals surface area contributed by atoms with Crippen LogP contribution in [0.1, 0.15) is 57.9 Å². The Morgan fingerprint density at radius 3 is 3.04 bits per heavy atom. The van der Waals surface area contributed by atoms with Crippen LogP contribution in [-0.4, -0.2) is 39.5 Å². The monoisotopic (exact) mass is 325 g/mol. The number of hydrogen-bond acceptors (Lipinski definition) is 4. The van der Waals surface area contributed by atoms with Crippen LogP contribution in [0.2, 0.25) is 0 Å². The molecule has 0 bridgehead atoms. The molecular formula is C18H19N3O3. The third-order valence-corrected chi connectivity index (χ3v) is 4.74. The van der Waals surface area contributed by atoms with Crippen molar-refractivity contribution in [1.82, 2.24) is 14.5 Å². The first-order valence-corrected chi connectivity index (χ1v) is 8.28. The SMILES string of the molecule is CCOC(=O)c1ncn2c1[C@@H]1CCCN1C(=O)c1cc(C)ccc1-2. The number of carbonyl (C=O) groups excluding carboxylic acids is 2. The molecule has 0 aliphatic carbocycles. The minimum absolute atomic E-state index is 0.0229. The highest BCUT2D eigenvalue weighted by molar-refractivity contribution is 6.00. The zero-order valence-corrected chi connectivity index (χ0v) is 13.8. The largest absolute Gasteiger partial charge is 0.461 e. The number of aromatic nitrogens is 2. The van der Waals surface area contributed by atoms with Crippen molar-refractivity contribution >= 4 is 11.9 Å². The van der Waals surface area contributed by atoms with E-state index in [1.807, 2.05) is 34.6 Å². The molecule has 1 aromatic heterocycles. The topological polar surface area (TPSA) is 64.4 Å². The maximum absolute atomic E-state index is 13.0. The Bertz CT molecular complexity index is 840. The number of imidazole rings is 1. The van der Waals surface area contributed by atoms with E-state index in [1.54, 1.807) is 13.3 Å². The minimum atomic E-state index is -0.430. The van der Waals surface area contributed by atoms with Gasteiger partial charge in [0.2, 0.25) is 0 Å². The normalized spacial score (nSPS) is 18.7. The summed E-state index contributed by atoms with van der Waals surface area (Å²) in [5, 5.41) is 0. The molecule has 2 aliphatic rings. The fraction of sp³-hybridized carbons (Fsp3) is 0.389. The molecule has 2 aliphatic heterocycles. The van der Waals surface area contributed by atoms with Crippen molar-refractivity contribution in [1.29, 1.82) is 0 Å². The number of rotatable bonds is 2. The van der Waals surface area contributed by atoms with Gasteiger partial charge in [0.15, 0.2) is 5.69 Å². The van der Waals surface area contributed by atoms with Crippen LogP contribution in [0.25, 0.3) is 5.69 Å². The van der Waals surface area contributed by atoms with Gasteiger partial charge in [-0.15, -0.1) is 0 Å². The van der Waals surface area contributed by atoms with Crippen molar-refractivity contribution in [2.24, 2.45) is 0 Å². The summed E-state index contributed by atoms with van der Waals surface area (Å²) in [6.07, 6.45) is 3.38. The van der Waals surface area contributed by atoms with Crippen LogP contribution in [0, 0.1) is 6.92 Å². The zero-order valence-electron chi connectivity index (χ0n) is 13.8. The van der Waals surface area contributed by atoms with E-state index in [0.717, 1.165) is 29.8 Å². The summed E-state index contributed by atoms with van der Waals surface area (Å²) in [5.74, 6) is -0.407. The molecule has 1 atom stereocenters. The highest BCUT2D eigenvalue weighted by atomic mass is 16.5. The quantitative estimate of drug-likeness (QED) is 0.796. The molecule has 1 fully saturated rings. The van der Waals surface area contributed by atoms with Gasteiger partial charge in [-0.25, -0.2) is 9.78 Å². The van der Waals surface area contributed by atoms with Gasteiger partial charge in [-0.3, -0.25) is 9.36 Å². The third kappa shape index (κ3) is 2.06. The molecule has 1 amide bonds. The lowest BCUT2D eigenvalue weighted by atomic mass is 10.1. The van der Waals surface area contributed by atoms with Gasteiger partial charge in [0.1, 0.15) is 6.33 Å². The first-order valence-electron chi connectivity index (χ1n) is 8.28. The van der Waals surface area contributed by atoms with E-state index in [0.29, 0.717) is 24.4 Å². The number of amides is 1. The summed E-state index contributed by atoms with van der Waals surface area (Å²) in [7, 11) is 0. The van der Waals surface area contributed by atoms with Crippen molar-refractivity contribution in [3.63, 3.8) is 0 Å². The molecule has 1 saturated heterocycles. The molecule has 6 nitrogen and oxygen atoms in total. The molecule has 6 heteroatoms. The van der Waals surface area contributed by atoms with Crippen molar-refractivity contribution in [3.05, 3.63) is 47.0 Å². The van der Waals surface area contributed by atoms with Crippen LogP contribution in [0.4, 0.5) is 0 Å². The van der Waals surface area contributed by atoms with Gasteiger partial charge >= 0.3 is 5.97 Å². The fourth-order valence-electron chi connectivity index (χ4n) is 3.70. The average molecular weight is 325 g/mol. The molecule has 1 aromatic carbocycles. The second-order valence-corrected chi connectivity index (χ2v) is 6.25. The van der Waals surface area contributed by atoms with Gasteiger partial charge in [-0.1, -0.05) is 11.6 Å². The molecular weight excluding hydrogens is 306 g/mol. The lowest BCUT2D eigenvalue weighted by molar-refractivity contribution is 0.0513. The summed E-state index contributed by atoms with van der Waals surface area (Å²) < 4.78 is 7.04. The molecule has 24 heavy (non-hydrogen) atoms. The Morgan fingerprint density at radius 1 is 1.42 bits per heavy atom. The highest BCUT2D eigenvalue weighted by Gasteiger charge is 2.40. The average Bonchev–Trinajstić information content (AvgIpc) is 3.18. The summed E-state index contributed by atoms with van der Waals surface area (Å²) in [5.41, 5.74) is 3.55. The first kappa shape index (κ1) is 14.9. The van der Waals surface area contributed by atoms with Crippen LogP contribution in [0.3, 0.4) is 0 Å². The second-order valence-electron chi connectivity index (χ2n) is 6.25. The fourth-order valence-corrected chi connectivity index (χ4v) is 3.70. The number of aryl methyl sites for hydroxylation is 1. The number of ether oxygens (including phenoxy) is 1. The summed E-state index contributed by atoms with van der Waals surface area (Å²) in [6, 6.07) is 5.67. The minimum Gasteiger partial charge on any atom is -0.461 e. The molecule has 0 saturated carbocycles. The molecule has 4 rings (SSSR count). The van der Waals surface area contributed by atoms with Gasteiger partial charge in [0.25, 0.3) is 5.91 Å². The van der Waals surface area contributed by atoms with Gasteiger partial charge in [-0.05, 0) is 38.8 Å². The van der Waals surface area contributed by atoms with Gasteiger partial charge in [0, 0.05) is 6.54 Å². The van der Waals surface area contributed by atoms with E-state index in [9.17, 15) is 9.59 Å². The Hall–Kier alpha value is -2.63. The first-order chi connectivity index (χ1) is 11.6. The number of esters is 1. The van der Waals surface area contributed by atoms with Crippen LogP contribution in [0.15, 0.2) is 24.5 Å². The summed E-state index contributed by atoms with van der Waals surface area (Å²) >= 11 is 0. The predicted molar refractivity (Wildman–Crippen MR) is 87.3 cm³/mol. The van der Waals surface area contributed by atoms with Gasteiger partial charge < -0.3 is 9.64 Å². The lowest BCUT2D eigenvalue weighted by Crippen LogP contribution is -2.30. The molecule has 3 heterocycles. The Morgan fingerprint density at radius 2 is 2.25 bits per heavy atom. The smallest absolute Gasteiger partial charge is 0.358 e. The molecule has 124 valence electrons. The number of carbonyl (C=O) groups is 2. The predicted octanol–water partition coefficient (Wildman–Crippen LogP) is 2.65. The van der Waals surface area contributed by atoms with Crippen LogP contribution >= 0.6 is 0 Å². The number of hydrogen-bond donors (Lipinski definition) is 0. The highest BCUT2D eigenvalue weighted by Crippen LogP contribution is 2.40. The number of benzene rings is 1. The van der Waals surface area contributed by atoms with E-state index in [-0.39, 0.29) is 11.9 Å². The second kappa shape index (κ2) is 5.47. The maximum atomic E-state index is 13.0. The summed E-state index contributed by atoms with van der Waals surface area (Å²) in [6.45, 7) is 4.74. The Balaban J connectivity index is 1.96. The third-order valence-electron chi connectivity index (χ3n) is 4.74. The van der Waals surface area contributed by atoms with E-state index in [1.165, 1.54) is 0 Å². The van der Waals surface area contributed by atoms with Gasteiger partial charge in [0.05, 0.1) is 29.6 Å². The van der Waals surface area contributed by atoms with Gasteiger partial charge in [-0.2, -0.15) is 0 Å². The summed E-state index contributed by atoms with van der Waals surface area (Å²) in [4.78, 5) is 31.5. The van der Waals surface area contributed by atoms with Crippen LogP contribution in [0.5, 0.6) is 0 Å². The number of nitrogens with zero attached hydrogens (tertiary/aromatic N) is 3. The molecule has 2 aromatic rings. The van der Waals surface area contributed by atoms with Crippen LogP contribution in [-0.2, 0) is 4.74 Å². The standard InChI is InChI=1S/C18H19N3O3/c1-3-24-18(23)15-16-14-5-4-8-20(14)17(22)12-9-11(2)6-7-13(12)21(16)10-19-15/h6-7,9-10,14H,3-5,8H2,1-2H3/t14-/m0/s1. The molecule has 0 unspecified atom stereocenters. The van der Waals surface area contributed by atoms with Crippen molar-refractivity contribution in [2.45, 2.75) is 32.7 Å². The van der Waals surface area contributed by atoms with E-state index < -0.39 is 5.97 Å². The molecule has 0 spiro atoms. The maximum Gasteiger partial charge on any atom is 0.358 e.